The second kappa shape index (κ2) is 7.64. The van der Waals surface area contributed by atoms with Gasteiger partial charge >= 0.3 is 12.0 Å². The molecular formula is C15H28N2O4. The van der Waals surface area contributed by atoms with E-state index in [0.717, 1.165) is 25.7 Å². The molecule has 1 aliphatic rings. The molecule has 2 N–H and O–H groups in total. The van der Waals surface area contributed by atoms with Crippen LogP contribution in [0.4, 0.5) is 4.79 Å². The monoisotopic (exact) mass is 300 g/mol. The summed E-state index contributed by atoms with van der Waals surface area (Å²) < 4.78 is 4.88. The molecule has 0 spiro atoms. The van der Waals surface area contributed by atoms with Crippen molar-refractivity contribution in [1.82, 2.24) is 10.2 Å². The van der Waals surface area contributed by atoms with Crippen molar-refractivity contribution in [3.63, 3.8) is 0 Å². The van der Waals surface area contributed by atoms with Crippen LogP contribution in [-0.4, -0.2) is 54.9 Å². The number of aliphatic carboxylic acids is 1. The molecule has 1 atom stereocenters. The number of hydrogen-bond acceptors (Lipinski definition) is 3. The second-order valence-electron chi connectivity index (χ2n) is 6.63. The van der Waals surface area contributed by atoms with Crippen molar-refractivity contribution in [2.75, 3.05) is 20.8 Å². The zero-order valence-corrected chi connectivity index (χ0v) is 13.5. The number of carboxylic acids is 1. The lowest BCUT2D eigenvalue weighted by Crippen LogP contribution is -2.51. The molecule has 21 heavy (non-hydrogen) atoms. The number of carboxylic acid groups (broad SMARTS) is 1. The predicted octanol–water partition coefficient (Wildman–Crippen LogP) is 2.09. The number of methoxy groups -OCH3 is 1. The third kappa shape index (κ3) is 5.53. The molecule has 122 valence electrons. The van der Waals surface area contributed by atoms with Crippen molar-refractivity contribution in [2.24, 2.45) is 5.41 Å². The summed E-state index contributed by atoms with van der Waals surface area (Å²) in [5, 5.41) is 11.7. The third-order valence-electron chi connectivity index (χ3n) is 4.38. The Bertz CT molecular complexity index is 361. The van der Waals surface area contributed by atoms with E-state index in [9.17, 15) is 9.59 Å². The predicted molar refractivity (Wildman–Crippen MR) is 80.2 cm³/mol. The van der Waals surface area contributed by atoms with Crippen LogP contribution in [-0.2, 0) is 9.53 Å². The molecule has 0 aromatic carbocycles. The highest BCUT2D eigenvalue weighted by atomic mass is 16.5. The quantitative estimate of drug-likeness (QED) is 0.787. The fourth-order valence-electron chi connectivity index (χ4n) is 2.68. The van der Waals surface area contributed by atoms with E-state index in [-0.39, 0.29) is 18.5 Å². The lowest BCUT2D eigenvalue weighted by Gasteiger charge is -2.38. The van der Waals surface area contributed by atoms with Crippen LogP contribution in [0, 0.1) is 5.41 Å². The van der Waals surface area contributed by atoms with Gasteiger partial charge in [-0.2, -0.15) is 0 Å². The summed E-state index contributed by atoms with van der Waals surface area (Å²) in [6, 6.07) is -1.03. The first-order valence-corrected chi connectivity index (χ1v) is 7.52. The first-order chi connectivity index (χ1) is 9.76. The Kier molecular flexibility index (Phi) is 6.45. The smallest absolute Gasteiger partial charge is 0.326 e. The van der Waals surface area contributed by atoms with Gasteiger partial charge in [0.05, 0.1) is 0 Å². The number of urea groups is 1. The molecule has 6 heteroatoms. The van der Waals surface area contributed by atoms with Crippen molar-refractivity contribution < 1.29 is 19.4 Å². The number of ether oxygens (including phenoxy) is 1. The number of carbonyl (C=O) groups excluding carboxylic acids is 1. The Morgan fingerprint density at radius 3 is 2.43 bits per heavy atom. The fraction of sp³-hybridized carbons (Fsp3) is 0.867. The maximum absolute atomic E-state index is 12.2. The summed E-state index contributed by atoms with van der Waals surface area (Å²) in [5.41, 5.74) is 0.343. The summed E-state index contributed by atoms with van der Waals surface area (Å²) in [6.45, 7) is 4.79. The molecule has 1 rings (SSSR count). The number of carbonyl (C=O) groups is 2. The molecule has 0 aromatic heterocycles. The maximum atomic E-state index is 12.2. The average molecular weight is 300 g/mol. The van der Waals surface area contributed by atoms with Gasteiger partial charge < -0.3 is 20.1 Å². The topological polar surface area (TPSA) is 78.9 Å². The van der Waals surface area contributed by atoms with E-state index in [1.807, 2.05) is 0 Å². The van der Waals surface area contributed by atoms with Crippen molar-refractivity contribution in [3.8, 4) is 0 Å². The minimum atomic E-state index is -1.03. The summed E-state index contributed by atoms with van der Waals surface area (Å²) in [6.07, 6.45) is 4.37. The van der Waals surface area contributed by atoms with Crippen molar-refractivity contribution >= 4 is 12.0 Å². The summed E-state index contributed by atoms with van der Waals surface area (Å²) in [4.78, 5) is 25.0. The second-order valence-corrected chi connectivity index (χ2v) is 6.63. The Morgan fingerprint density at radius 2 is 1.95 bits per heavy atom. The van der Waals surface area contributed by atoms with E-state index in [4.69, 9.17) is 9.84 Å². The van der Waals surface area contributed by atoms with Crippen molar-refractivity contribution in [3.05, 3.63) is 0 Å². The lowest BCUT2D eigenvalue weighted by molar-refractivity contribution is -0.139. The Balaban J connectivity index is 2.51. The molecule has 0 heterocycles. The molecule has 1 fully saturated rings. The van der Waals surface area contributed by atoms with Gasteiger partial charge in [-0.25, -0.2) is 9.59 Å². The van der Waals surface area contributed by atoms with Crippen LogP contribution in [0.25, 0.3) is 0 Å². The van der Waals surface area contributed by atoms with Gasteiger partial charge in [-0.15, -0.1) is 0 Å². The summed E-state index contributed by atoms with van der Waals surface area (Å²) in [7, 11) is 3.25. The first-order valence-electron chi connectivity index (χ1n) is 7.52. The molecule has 1 unspecified atom stereocenters. The number of amides is 2. The van der Waals surface area contributed by atoms with Crippen LogP contribution in [0.2, 0.25) is 0 Å². The van der Waals surface area contributed by atoms with Crippen LogP contribution in [0.5, 0.6) is 0 Å². The minimum Gasteiger partial charge on any atom is -0.480 e. The Morgan fingerprint density at radius 1 is 1.38 bits per heavy atom. The first kappa shape index (κ1) is 17.8. The highest BCUT2D eigenvalue weighted by Gasteiger charge is 2.31. The zero-order valence-electron chi connectivity index (χ0n) is 13.5. The molecule has 0 radical (unpaired) electrons. The van der Waals surface area contributed by atoms with Gasteiger partial charge in [-0.1, -0.05) is 13.8 Å². The third-order valence-corrected chi connectivity index (χ3v) is 4.38. The Hall–Kier alpha value is -1.30. The SMILES string of the molecule is COCCC(NC(=O)N(C)C1CCC(C)(C)CC1)C(=O)O. The number of nitrogens with one attached hydrogen (secondary N) is 1. The maximum Gasteiger partial charge on any atom is 0.326 e. The van der Waals surface area contributed by atoms with Gasteiger partial charge in [-0.3, -0.25) is 0 Å². The van der Waals surface area contributed by atoms with Gasteiger partial charge in [0.1, 0.15) is 6.04 Å². The molecule has 0 bridgehead atoms. The van der Waals surface area contributed by atoms with Gasteiger partial charge in [0.15, 0.2) is 0 Å². The van der Waals surface area contributed by atoms with Crippen LogP contribution >= 0.6 is 0 Å². The number of nitrogens with zero attached hydrogens (tertiary/aromatic N) is 1. The van der Waals surface area contributed by atoms with Gasteiger partial charge in [0.2, 0.25) is 0 Å². The van der Waals surface area contributed by atoms with Crippen molar-refractivity contribution in [2.45, 2.75) is 58.0 Å². The van der Waals surface area contributed by atoms with Gasteiger partial charge in [0.25, 0.3) is 0 Å². The summed E-state index contributed by atoms with van der Waals surface area (Å²) >= 11 is 0. The zero-order chi connectivity index (χ0) is 16.0. The van der Waals surface area contributed by atoms with E-state index >= 15 is 0 Å². The molecule has 0 aliphatic heterocycles. The van der Waals surface area contributed by atoms with Gasteiger partial charge in [-0.05, 0) is 31.1 Å². The molecule has 0 saturated heterocycles. The molecule has 1 aliphatic carbocycles. The average Bonchev–Trinajstić information content (AvgIpc) is 2.42. The normalized spacial score (nSPS) is 19.8. The van der Waals surface area contributed by atoms with E-state index in [0.29, 0.717) is 12.0 Å². The van der Waals surface area contributed by atoms with Gasteiger partial charge in [0, 0.05) is 33.2 Å². The van der Waals surface area contributed by atoms with E-state index in [2.05, 4.69) is 19.2 Å². The number of rotatable bonds is 6. The van der Waals surface area contributed by atoms with Crippen LogP contribution in [0.3, 0.4) is 0 Å². The molecule has 0 aromatic rings. The lowest BCUT2D eigenvalue weighted by atomic mass is 9.75. The number of hydrogen-bond donors (Lipinski definition) is 2. The highest BCUT2D eigenvalue weighted by molar-refractivity contribution is 5.82. The van der Waals surface area contributed by atoms with E-state index in [1.54, 1.807) is 11.9 Å². The standard InChI is InChI=1S/C15H28N2O4/c1-15(2)8-5-11(6-9-15)17(3)14(20)16-12(13(18)19)7-10-21-4/h11-12H,5-10H2,1-4H3,(H,16,20)(H,18,19). The highest BCUT2D eigenvalue weighted by Crippen LogP contribution is 2.36. The van der Waals surface area contributed by atoms with E-state index < -0.39 is 12.0 Å². The fourth-order valence-corrected chi connectivity index (χ4v) is 2.68. The Labute approximate surface area is 126 Å². The molecule has 2 amide bonds. The van der Waals surface area contributed by atoms with Crippen molar-refractivity contribution in [1.29, 1.82) is 0 Å². The minimum absolute atomic E-state index is 0.190. The van der Waals surface area contributed by atoms with Crippen LogP contribution < -0.4 is 5.32 Å². The van der Waals surface area contributed by atoms with E-state index in [1.165, 1.54) is 7.11 Å². The molecule has 6 nitrogen and oxygen atoms in total. The summed E-state index contributed by atoms with van der Waals surface area (Å²) in [5.74, 6) is -1.03. The molecular weight excluding hydrogens is 272 g/mol. The van der Waals surface area contributed by atoms with Crippen LogP contribution in [0.15, 0.2) is 0 Å². The molecule has 1 saturated carbocycles. The largest absolute Gasteiger partial charge is 0.480 e. The van der Waals surface area contributed by atoms with Crippen LogP contribution in [0.1, 0.15) is 46.0 Å².